The summed E-state index contributed by atoms with van der Waals surface area (Å²) in [6.07, 6.45) is 0. The second-order valence-corrected chi connectivity index (χ2v) is 2.08. The Balaban J connectivity index is 3.34. The molecule has 0 saturated heterocycles. The van der Waals surface area contributed by atoms with Crippen LogP contribution in [0.25, 0.3) is 0 Å². The fourth-order valence-electron chi connectivity index (χ4n) is 0.0494. The van der Waals surface area contributed by atoms with Crippen LogP contribution < -0.4 is 0 Å². The minimum Gasteiger partial charge on any atom is -0.380 e. The van der Waals surface area contributed by atoms with Crippen LogP contribution in [0.4, 0.5) is 0 Å². The topological polar surface area (TPSA) is 60.8 Å². The van der Waals surface area contributed by atoms with Gasteiger partial charge in [0.1, 0.15) is 6.73 Å². The Kier molecular flexibility index (Phi) is 3.10. The Morgan fingerprint density at radius 3 is 2.29 bits per heavy atom. The Morgan fingerprint density at radius 1 is 1.86 bits per heavy atom. The molecule has 0 radical (unpaired) electrons. The number of aliphatic hydroxyl groups excluding tert-OH is 1. The Morgan fingerprint density at radius 2 is 2.29 bits per heavy atom. The molecular formula is C2H7NO3S. The largest absolute Gasteiger partial charge is 0.380 e. The molecule has 1 unspecified atom stereocenters. The van der Waals surface area contributed by atoms with E-state index >= 15 is 0 Å². The van der Waals surface area contributed by atoms with E-state index in [1.54, 1.807) is 0 Å². The van der Waals surface area contributed by atoms with Crippen LogP contribution in [0.1, 0.15) is 0 Å². The van der Waals surface area contributed by atoms with E-state index in [0.29, 0.717) is 0 Å². The molecule has 0 rings (SSSR count). The third-order valence-electron chi connectivity index (χ3n) is 0.466. The van der Waals surface area contributed by atoms with Crippen molar-refractivity contribution in [3.05, 3.63) is 0 Å². The first kappa shape index (κ1) is 7.03. The molecular weight excluding hydrogens is 118 g/mol. The maximum atomic E-state index is 9.81. The summed E-state index contributed by atoms with van der Waals surface area (Å²) in [5.74, 6) is 0. The fraction of sp³-hybridized carbons (Fsp3) is 1.00. The van der Waals surface area contributed by atoms with Gasteiger partial charge in [-0.3, -0.25) is 4.55 Å². The van der Waals surface area contributed by atoms with Gasteiger partial charge in [-0.1, -0.05) is 0 Å². The van der Waals surface area contributed by atoms with Gasteiger partial charge in [-0.15, -0.1) is 0 Å². The fourth-order valence-corrected chi connectivity index (χ4v) is 0.148. The predicted octanol–water partition coefficient (Wildman–Crippen LogP) is -0.995. The molecule has 0 aromatic heterocycles. The molecule has 7 heavy (non-hydrogen) atoms. The molecule has 0 aromatic rings. The Hall–Kier alpha value is 0.0300. The quantitative estimate of drug-likeness (QED) is 0.368. The number of hydrogen-bond acceptors (Lipinski definition) is 2. The zero-order valence-corrected chi connectivity index (χ0v) is 4.68. The Labute approximate surface area is 44.2 Å². The molecule has 0 aliphatic carbocycles. The lowest BCUT2D eigenvalue weighted by molar-refractivity contribution is 0.197. The summed E-state index contributed by atoms with van der Waals surface area (Å²) in [5.41, 5.74) is 0. The number of aliphatic hydroxyl groups is 1. The molecule has 0 aliphatic heterocycles. The van der Waals surface area contributed by atoms with E-state index < -0.39 is 18.0 Å². The van der Waals surface area contributed by atoms with Gasteiger partial charge in [-0.2, -0.15) is 4.31 Å². The van der Waals surface area contributed by atoms with Gasteiger partial charge in [0.25, 0.3) is 0 Å². The van der Waals surface area contributed by atoms with Gasteiger partial charge in [0.05, 0.1) is 0 Å². The molecule has 2 N–H and O–H groups in total. The number of hydrogen-bond donors (Lipinski definition) is 2. The number of nitrogens with zero attached hydrogens (tertiary/aromatic N) is 1. The smallest absolute Gasteiger partial charge is 0.236 e. The van der Waals surface area contributed by atoms with E-state index in [2.05, 4.69) is 0 Å². The molecule has 1 atom stereocenters. The monoisotopic (exact) mass is 125 g/mol. The summed E-state index contributed by atoms with van der Waals surface area (Å²) in [6, 6.07) is 0. The zero-order chi connectivity index (χ0) is 5.86. The highest BCUT2D eigenvalue weighted by Crippen LogP contribution is 1.79. The molecule has 0 saturated carbocycles. The minimum atomic E-state index is -2.03. The van der Waals surface area contributed by atoms with Crippen molar-refractivity contribution >= 4 is 11.3 Å². The van der Waals surface area contributed by atoms with Crippen LogP contribution in [0.3, 0.4) is 0 Å². The summed E-state index contributed by atoms with van der Waals surface area (Å²) in [7, 11) is 1.33. The molecule has 44 valence electrons. The first-order chi connectivity index (χ1) is 3.18. The average Bonchev–Trinajstić information content (AvgIpc) is 1.65. The maximum absolute atomic E-state index is 9.81. The van der Waals surface area contributed by atoms with E-state index in [1.807, 2.05) is 0 Å². The summed E-state index contributed by atoms with van der Waals surface area (Å²) in [4.78, 5) is 0. The van der Waals surface area contributed by atoms with Crippen molar-refractivity contribution in [2.45, 2.75) is 0 Å². The van der Waals surface area contributed by atoms with E-state index in [9.17, 15) is 4.21 Å². The van der Waals surface area contributed by atoms with Crippen LogP contribution in [0.2, 0.25) is 0 Å². The van der Waals surface area contributed by atoms with E-state index in [-0.39, 0.29) is 0 Å². The first-order valence-corrected chi connectivity index (χ1v) is 2.68. The van der Waals surface area contributed by atoms with Crippen molar-refractivity contribution in [1.82, 2.24) is 4.31 Å². The molecule has 0 heterocycles. The third-order valence-corrected chi connectivity index (χ3v) is 1.11. The summed E-state index contributed by atoms with van der Waals surface area (Å²) >= 11 is -2.03. The standard InChI is InChI=1S/C2H7NO3S/c1-3(2-4)7(5)6/h4H,2H2,1H3,(H,5,6). The van der Waals surface area contributed by atoms with Gasteiger partial charge in [-0.05, 0) is 0 Å². The molecule has 0 aliphatic rings. The number of rotatable bonds is 2. The van der Waals surface area contributed by atoms with Crippen molar-refractivity contribution in [1.29, 1.82) is 0 Å². The van der Waals surface area contributed by atoms with Crippen molar-refractivity contribution < 1.29 is 13.9 Å². The van der Waals surface area contributed by atoms with Crippen molar-refractivity contribution in [3.63, 3.8) is 0 Å². The van der Waals surface area contributed by atoms with Crippen molar-refractivity contribution in [3.8, 4) is 0 Å². The highest BCUT2D eigenvalue weighted by molar-refractivity contribution is 7.76. The van der Waals surface area contributed by atoms with Crippen LogP contribution in [-0.4, -0.2) is 32.0 Å². The van der Waals surface area contributed by atoms with Crippen LogP contribution in [0.15, 0.2) is 0 Å². The third kappa shape index (κ3) is 2.69. The van der Waals surface area contributed by atoms with Crippen molar-refractivity contribution in [2.75, 3.05) is 13.8 Å². The van der Waals surface area contributed by atoms with Gasteiger partial charge in [0.15, 0.2) is 0 Å². The second-order valence-electron chi connectivity index (χ2n) is 1.00. The SMILES string of the molecule is CN(CO)S(=O)O. The normalized spacial score (nSPS) is 14.9. The van der Waals surface area contributed by atoms with E-state index in [1.165, 1.54) is 7.05 Å². The molecule has 4 nitrogen and oxygen atoms in total. The average molecular weight is 125 g/mol. The lowest BCUT2D eigenvalue weighted by atomic mass is 11.2. The van der Waals surface area contributed by atoms with Crippen LogP contribution in [0, 0.1) is 0 Å². The van der Waals surface area contributed by atoms with E-state index in [4.69, 9.17) is 9.66 Å². The maximum Gasteiger partial charge on any atom is 0.236 e. The van der Waals surface area contributed by atoms with Crippen LogP contribution in [0.5, 0.6) is 0 Å². The second kappa shape index (κ2) is 3.09. The highest BCUT2D eigenvalue weighted by Gasteiger charge is 1.97. The van der Waals surface area contributed by atoms with Crippen LogP contribution in [-0.2, 0) is 11.3 Å². The van der Waals surface area contributed by atoms with Gasteiger partial charge >= 0.3 is 0 Å². The lowest BCUT2D eigenvalue weighted by Gasteiger charge is -2.03. The predicted molar refractivity (Wildman–Crippen MR) is 25.6 cm³/mol. The minimum absolute atomic E-state index is 0.400. The summed E-state index contributed by atoms with van der Waals surface area (Å²) in [5, 5.41) is 8.08. The lowest BCUT2D eigenvalue weighted by Crippen LogP contribution is -2.20. The molecule has 0 fully saturated rings. The van der Waals surface area contributed by atoms with Crippen molar-refractivity contribution in [2.24, 2.45) is 0 Å². The molecule has 0 aromatic carbocycles. The Bertz CT molecular complexity index is 75.3. The molecule has 0 bridgehead atoms. The van der Waals surface area contributed by atoms with Gasteiger partial charge in [-0.25, -0.2) is 4.21 Å². The van der Waals surface area contributed by atoms with Gasteiger partial charge in [0.2, 0.25) is 11.3 Å². The molecule has 0 amide bonds. The summed E-state index contributed by atoms with van der Waals surface area (Å²) in [6.45, 7) is -0.400. The molecule has 0 spiro atoms. The van der Waals surface area contributed by atoms with Gasteiger partial charge in [0, 0.05) is 7.05 Å². The highest BCUT2D eigenvalue weighted by atomic mass is 32.2. The zero-order valence-electron chi connectivity index (χ0n) is 3.87. The van der Waals surface area contributed by atoms with Crippen LogP contribution >= 0.6 is 0 Å². The van der Waals surface area contributed by atoms with Gasteiger partial charge < -0.3 is 5.11 Å². The van der Waals surface area contributed by atoms with E-state index in [0.717, 1.165) is 4.31 Å². The first-order valence-electron chi connectivity index (χ1n) is 1.61. The molecule has 5 heteroatoms. The summed E-state index contributed by atoms with van der Waals surface area (Å²) < 4.78 is 18.7.